The maximum absolute atomic E-state index is 2.47. The standard InChI is InChI=1S/C32H26/c1-23-16-19-27(20-17-23)32(26-12-6-3-7-13-26)30-15-9-8-14-28(30)29-21-18-25(22-31(29)32)24-10-4-2-5-11-24/h2-16,18-23H,17H2,1H3. The molecular weight excluding hydrogens is 384 g/mol. The monoisotopic (exact) mass is 410 g/mol. The minimum absolute atomic E-state index is 0.297. The molecule has 154 valence electrons. The van der Waals surface area contributed by atoms with Crippen molar-refractivity contribution in [1.29, 1.82) is 0 Å². The highest BCUT2D eigenvalue weighted by Crippen LogP contribution is 2.57. The molecule has 6 rings (SSSR count). The van der Waals surface area contributed by atoms with E-state index in [1.807, 2.05) is 0 Å². The van der Waals surface area contributed by atoms with Gasteiger partial charge in [-0.1, -0.05) is 122 Å². The van der Waals surface area contributed by atoms with Crippen LogP contribution in [0.1, 0.15) is 30.0 Å². The Labute approximate surface area is 190 Å². The summed E-state index contributed by atoms with van der Waals surface area (Å²) >= 11 is 0. The molecule has 32 heavy (non-hydrogen) atoms. The molecule has 0 heterocycles. The van der Waals surface area contributed by atoms with Gasteiger partial charge < -0.3 is 0 Å². The number of allylic oxidation sites excluding steroid dienone is 4. The van der Waals surface area contributed by atoms with Crippen molar-refractivity contribution in [3.8, 4) is 22.3 Å². The van der Waals surface area contributed by atoms with Crippen LogP contribution in [0.4, 0.5) is 0 Å². The SMILES string of the molecule is CC1C=CC(C2(c3ccccc3)c3ccccc3-c3ccc(-c4ccccc4)cc32)=CC1. The summed E-state index contributed by atoms with van der Waals surface area (Å²) in [7, 11) is 0. The van der Waals surface area contributed by atoms with Crippen molar-refractivity contribution >= 4 is 0 Å². The summed E-state index contributed by atoms with van der Waals surface area (Å²) in [5.74, 6) is 0.582. The predicted octanol–water partition coefficient (Wildman–Crippen LogP) is 8.19. The van der Waals surface area contributed by atoms with E-state index in [-0.39, 0.29) is 5.41 Å². The van der Waals surface area contributed by atoms with Gasteiger partial charge in [0.15, 0.2) is 0 Å². The Kier molecular flexibility index (Phi) is 4.47. The van der Waals surface area contributed by atoms with Gasteiger partial charge in [-0.05, 0) is 62.9 Å². The van der Waals surface area contributed by atoms with Gasteiger partial charge >= 0.3 is 0 Å². The van der Waals surface area contributed by atoms with Crippen molar-refractivity contribution in [2.75, 3.05) is 0 Å². The highest BCUT2D eigenvalue weighted by atomic mass is 14.5. The van der Waals surface area contributed by atoms with E-state index in [9.17, 15) is 0 Å². The van der Waals surface area contributed by atoms with Crippen LogP contribution in [0.25, 0.3) is 22.3 Å². The second kappa shape index (κ2) is 7.50. The maximum atomic E-state index is 2.47. The molecule has 0 spiro atoms. The fourth-order valence-corrected chi connectivity index (χ4v) is 5.57. The Balaban J connectivity index is 1.70. The molecule has 0 nitrogen and oxygen atoms in total. The van der Waals surface area contributed by atoms with Gasteiger partial charge in [-0.25, -0.2) is 0 Å². The predicted molar refractivity (Wildman–Crippen MR) is 135 cm³/mol. The van der Waals surface area contributed by atoms with Crippen molar-refractivity contribution in [3.63, 3.8) is 0 Å². The van der Waals surface area contributed by atoms with E-state index in [0.717, 1.165) is 6.42 Å². The lowest BCUT2D eigenvalue weighted by Crippen LogP contribution is -2.30. The van der Waals surface area contributed by atoms with E-state index in [2.05, 4.69) is 128 Å². The Morgan fingerprint density at radius 1 is 0.656 bits per heavy atom. The van der Waals surface area contributed by atoms with Gasteiger partial charge in [0, 0.05) is 0 Å². The molecule has 2 atom stereocenters. The van der Waals surface area contributed by atoms with Crippen molar-refractivity contribution in [2.24, 2.45) is 5.92 Å². The van der Waals surface area contributed by atoms with Crippen molar-refractivity contribution < 1.29 is 0 Å². The molecule has 0 saturated heterocycles. The molecule has 2 aliphatic rings. The lowest BCUT2D eigenvalue weighted by molar-refractivity contribution is 0.691. The van der Waals surface area contributed by atoms with Crippen LogP contribution in [0.15, 0.2) is 127 Å². The Hall–Kier alpha value is -3.64. The Bertz CT molecular complexity index is 1340. The highest BCUT2D eigenvalue weighted by molar-refractivity contribution is 5.88. The Morgan fingerprint density at radius 3 is 2.09 bits per heavy atom. The topological polar surface area (TPSA) is 0 Å². The summed E-state index contributed by atoms with van der Waals surface area (Å²) in [6, 6.07) is 37.8. The van der Waals surface area contributed by atoms with Gasteiger partial charge in [-0.15, -0.1) is 0 Å². The summed E-state index contributed by atoms with van der Waals surface area (Å²) in [4.78, 5) is 0. The normalized spacial score (nSPS) is 21.0. The maximum Gasteiger partial charge on any atom is 0.0710 e. The lowest BCUT2D eigenvalue weighted by atomic mass is 9.65. The van der Waals surface area contributed by atoms with E-state index < -0.39 is 0 Å². The molecule has 0 heteroatoms. The molecular formula is C32H26. The number of hydrogen-bond acceptors (Lipinski definition) is 0. The summed E-state index contributed by atoms with van der Waals surface area (Å²) in [5.41, 5.74) is 10.4. The van der Waals surface area contributed by atoms with Crippen molar-refractivity contribution in [2.45, 2.75) is 18.8 Å². The summed E-state index contributed by atoms with van der Waals surface area (Å²) in [6.45, 7) is 2.29. The van der Waals surface area contributed by atoms with Crippen molar-refractivity contribution in [1.82, 2.24) is 0 Å². The van der Waals surface area contributed by atoms with Crippen LogP contribution in [0.3, 0.4) is 0 Å². The molecule has 0 N–H and O–H groups in total. The summed E-state index contributed by atoms with van der Waals surface area (Å²) in [6.07, 6.45) is 8.30. The second-order valence-corrected chi connectivity index (χ2v) is 9.02. The molecule has 4 aromatic rings. The molecule has 2 unspecified atom stereocenters. The number of benzene rings is 4. The van der Waals surface area contributed by atoms with Gasteiger partial charge in [0.25, 0.3) is 0 Å². The van der Waals surface area contributed by atoms with E-state index >= 15 is 0 Å². The van der Waals surface area contributed by atoms with Crippen LogP contribution in [0, 0.1) is 5.92 Å². The first-order valence-electron chi connectivity index (χ1n) is 11.5. The van der Waals surface area contributed by atoms with Gasteiger partial charge in [-0.3, -0.25) is 0 Å². The molecule has 4 aromatic carbocycles. The zero-order valence-electron chi connectivity index (χ0n) is 18.3. The first-order valence-corrected chi connectivity index (χ1v) is 11.5. The average Bonchev–Trinajstić information content (AvgIpc) is 3.16. The molecule has 0 radical (unpaired) electrons. The van der Waals surface area contributed by atoms with E-state index in [4.69, 9.17) is 0 Å². The number of rotatable bonds is 3. The van der Waals surface area contributed by atoms with Crippen LogP contribution in [-0.4, -0.2) is 0 Å². The third-order valence-electron chi connectivity index (χ3n) is 7.11. The molecule has 0 aromatic heterocycles. The van der Waals surface area contributed by atoms with Gasteiger partial charge in [0.05, 0.1) is 5.41 Å². The van der Waals surface area contributed by atoms with E-state index in [1.165, 1.54) is 44.5 Å². The molecule has 2 aliphatic carbocycles. The van der Waals surface area contributed by atoms with Crippen LogP contribution in [0.5, 0.6) is 0 Å². The van der Waals surface area contributed by atoms with Gasteiger partial charge in [0.1, 0.15) is 0 Å². The zero-order chi connectivity index (χ0) is 21.5. The first-order chi connectivity index (χ1) is 15.8. The highest BCUT2D eigenvalue weighted by Gasteiger charge is 2.46. The molecule has 0 saturated carbocycles. The lowest BCUT2D eigenvalue weighted by Gasteiger charge is -2.36. The number of fused-ring (bicyclic) bond motifs is 3. The molecule has 0 amide bonds. The van der Waals surface area contributed by atoms with Crippen LogP contribution in [0.2, 0.25) is 0 Å². The fraction of sp³-hybridized carbons (Fsp3) is 0.125. The number of hydrogen-bond donors (Lipinski definition) is 0. The largest absolute Gasteiger partial charge is 0.0811 e. The minimum atomic E-state index is -0.297. The third kappa shape index (κ3) is 2.76. The molecule has 0 bridgehead atoms. The quantitative estimate of drug-likeness (QED) is 0.319. The van der Waals surface area contributed by atoms with E-state index in [1.54, 1.807) is 0 Å². The molecule has 0 aliphatic heterocycles. The van der Waals surface area contributed by atoms with Gasteiger partial charge in [-0.2, -0.15) is 0 Å². The molecule has 0 fully saturated rings. The zero-order valence-corrected chi connectivity index (χ0v) is 18.3. The smallest absolute Gasteiger partial charge is 0.0710 e. The minimum Gasteiger partial charge on any atom is -0.0811 e. The Morgan fingerprint density at radius 2 is 1.34 bits per heavy atom. The average molecular weight is 411 g/mol. The van der Waals surface area contributed by atoms with Crippen LogP contribution < -0.4 is 0 Å². The third-order valence-corrected chi connectivity index (χ3v) is 7.11. The van der Waals surface area contributed by atoms with Gasteiger partial charge in [0.2, 0.25) is 0 Å². The van der Waals surface area contributed by atoms with Crippen LogP contribution in [-0.2, 0) is 5.41 Å². The van der Waals surface area contributed by atoms with Crippen LogP contribution >= 0.6 is 0 Å². The van der Waals surface area contributed by atoms with E-state index in [0.29, 0.717) is 5.92 Å². The second-order valence-electron chi connectivity index (χ2n) is 9.02. The summed E-state index contributed by atoms with van der Waals surface area (Å²) in [5, 5.41) is 0. The first kappa shape index (κ1) is 19.1. The summed E-state index contributed by atoms with van der Waals surface area (Å²) < 4.78 is 0. The van der Waals surface area contributed by atoms with Crippen molar-refractivity contribution in [3.05, 3.63) is 144 Å². The fourth-order valence-electron chi connectivity index (χ4n) is 5.57.